The molecule has 0 aromatic heterocycles. The molecule has 1 atom stereocenters. The fraction of sp³-hybridized carbons (Fsp3) is 0.538. The molecule has 1 heterocycles. The second-order valence-electron chi connectivity index (χ2n) is 5.71. The van der Waals surface area contributed by atoms with E-state index in [0.717, 1.165) is 0 Å². The highest BCUT2D eigenvalue weighted by molar-refractivity contribution is 6.47. The minimum Gasteiger partial charge on any atom is -0.402 e. The van der Waals surface area contributed by atoms with E-state index in [-0.39, 0.29) is 5.82 Å². The van der Waals surface area contributed by atoms with Gasteiger partial charge in [-0.2, -0.15) is 0 Å². The smallest absolute Gasteiger partial charge is 0.402 e. The standard InChI is InChI=1S/C13H19BFNO2/c1-12(2)13(3,4)18-14(17-12)11(16)9-6-5-7-10(15)8-9/h5-8,11H,16H2,1-4H3/t11-/m1/s1. The quantitative estimate of drug-likeness (QED) is 0.821. The van der Waals surface area contributed by atoms with Gasteiger partial charge in [-0.15, -0.1) is 0 Å². The molecule has 0 unspecified atom stereocenters. The van der Waals surface area contributed by atoms with E-state index in [1.54, 1.807) is 12.1 Å². The van der Waals surface area contributed by atoms with Crippen LogP contribution in [0, 0.1) is 5.82 Å². The van der Waals surface area contributed by atoms with Crippen molar-refractivity contribution in [3.8, 4) is 0 Å². The number of halogens is 1. The van der Waals surface area contributed by atoms with E-state index in [1.165, 1.54) is 12.1 Å². The molecule has 0 spiro atoms. The van der Waals surface area contributed by atoms with Crippen molar-refractivity contribution in [1.82, 2.24) is 0 Å². The van der Waals surface area contributed by atoms with Crippen LogP contribution in [-0.4, -0.2) is 18.3 Å². The highest BCUT2D eigenvalue weighted by Crippen LogP contribution is 2.39. The first-order valence-electron chi connectivity index (χ1n) is 6.10. The molecule has 1 aromatic carbocycles. The van der Waals surface area contributed by atoms with E-state index in [4.69, 9.17) is 15.0 Å². The number of rotatable bonds is 2. The van der Waals surface area contributed by atoms with Crippen molar-refractivity contribution in [2.45, 2.75) is 44.8 Å². The van der Waals surface area contributed by atoms with Crippen molar-refractivity contribution in [3.63, 3.8) is 0 Å². The Hall–Kier alpha value is -0.905. The topological polar surface area (TPSA) is 44.5 Å². The monoisotopic (exact) mass is 251 g/mol. The molecule has 1 saturated heterocycles. The van der Waals surface area contributed by atoms with Gasteiger partial charge in [0.1, 0.15) is 5.82 Å². The lowest BCUT2D eigenvalue weighted by atomic mass is 9.75. The van der Waals surface area contributed by atoms with Crippen LogP contribution < -0.4 is 5.73 Å². The molecular weight excluding hydrogens is 232 g/mol. The Balaban J connectivity index is 2.20. The van der Waals surface area contributed by atoms with Gasteiger partial charge in [0.2, 0.25) is 0 Å². The maximum absolute atomic E-state index is 13.2. The molecule has 1 aliphatic rings. The largest absolute Gasteiger partial charge is 0.480 e. The average molecular weight is 251 g/mol. The van der Waals surface area contributed by atoms with E-state index in [0.29, 0.717) is 5.56 Å². The fourth-order valence-corrected chi connectivity index (χ4v) is 1.91. The second-order valence-corrected chi connectivity index (χ2v) is 5.71. The summed E-state index contributed by atoms with van der Waals surface area (Å²) in [6, 6.07) is 6.21. The van der Waals surface area contributed by atoms with Gasteiger partial charge in [-0.05, 0) is 45.4 Å². The van der Waals surface area contributed by atoms with Crippen LogP contribution in [0.25, 0.3) is 0 Å². The summed E-state index contributed by atoms with van der Waals surface area (Å²) in [5, 5.41) is 0. The summed E-state index contributed by atoms with van der Waals surface area (Å²) >= 11 is 0. The predicted octanol–water partition coefficient (Wildman–Crippen LogP) is 2.46. The molecule has 1 fully saturated rings. The Morgan fingerprint density at radius 2 is 1.72 bits per heavy atom. The summed E-state index contributed by atoms with van der Waals surface area (Å²) in [4.78, 5) is 0. The van der Waals surface area contributed by atoms with E-state index >= 15 is 0 Å². The third-order valence-corrected chi connectivity index (χ3v) is 3.80. The Morgan fingerprint density at radius 3 is 2.22 bits per heavy atom. The molecule has 0 bridgehead atoms. The van der Waals surface area contributed by atoms with Gasteiger partial charge in [-0.3, -0.25) is 0 Å². The maximum Gasteiger partial charge on any atom is 0.480 e. The van der Waals surface area contributed by atoms with Crippen LogP contribution in [0.4, 0.5) is 4.39 Å². The van der Waals surface area contributed by atoms with Crippen molar-refractivity contribution in [3.05, 3.63) is 35.6 Å². The first-order valence-corrected chi connectivity index (χ1v) is 6.10. The van der Waals surface area contributed by atoms with Gasteiger partial charge in [0.05, 0.1) is 17.1 Å². The second kappa shape index (κ2) is 4.33. The van der Waals surface area contributed by atoms with E-state index in [9.17, 15) is 4.39 Å². The van der Waals surface area contributed by atoms with Crippen LogP contribution >= 0.6 is 0 Å². The fourth-order valence-electron chi connectivity index (χ4n) is 1.91. The van der Waals surface area contributed by atoms with Gasteiger partial charge in [0.15, 0.2) is 0 Å². The number of benzene rings is 1. The Bertz CT molecular complexity index is 434. The molecule has 1 aliphatic heterocycles. The summed E-state index contributed by atoms with van der Waals surface area (Å²) in [5.74, 6) is -0.804. The maximum atomic E-state index is 13.2. The van der Waals surface area contributed by atoms with Gasteiger partial charge in [-0.25, -0.2) is 4.39 Å². The summed E-state index contributed by atoms with van der Waals surface area (Å²) in [6.07, 6.45) is 0. The van der Waals surface area contributed by atoms with Crippen LogP contribution in [0.2, 0.25) is 0 Å². The molecule has 0 radical (unpaired) electrons. The van der Waals surface area contributed by atoms with Crippen molar-refractivity contribution in [2.24, 2.45) is 5.73 Å². The summed E-state index contributed by atoms with van der Waals surface area (Å²) in [5.41, 5.74) is 5.91. The lowest BCUT2D eigenvalue weighted by Gasteiger charge is -2.32. The van der Waals surface area contributed by atoms with Crippen molar-refractivity contribution in [1.29, 1.82) is 0 Å². The lowest BCUT2D eigenvalue weighted by Crippen LogP contribution is -2.41. The highest BCUT2D eigenvalue weighted by Gasteiger charge is 2.53. The summed E-state index contributed by atoms with van der Waals surface area (Å²) in [6.45, 7) is 7.85. The first-order chi connectivity index (χ1) is 8.23. The highest BCUT2D eigenvalue weighted by atomic mass is 19.1. The molecule has 98 valence electrons. The van der Waals surface area contributed by atoms with Gasteiger partial charge in [0.25, 0.3) is 0 Å². The Morgan fingerprint density at radius 1 is 1.17 bits per heavy atom. The van der Waals surface area contributed by atoms with Crippen LogP contribution in [-0.2, 0) is 9.31 Å². The lowest BCUT2D eigenvalue weighted by molar-refractivity contribution is 0.00578. The summed E-state index contributed by atoms with van der Waals surface area (Å²) < 4.78 is 24.9. The zero-order valence-corrected chi connectivity index (χ0v) is 11.2. The molecule has 0 amide bonds. The normalized spacial score (nSPS) is 23.1. The Kier molecular flexibility index (Phi) is 3.26. The van der Waals surface area contributed by atoms with Gasteiger partial charge >= 0.3 is 7.12 Å². The number of hydrogen-bond acceptors (Lipinski definition) is 3. The SMILES string of the molecule is CC1(C)OB([C@H](N)c2cccc(F)c2)OC1(C)C. The molecular formula is C13H19BFNO2. The summed E-state index contributed by atoms with van der Waals surface area (Å²) in [7, 11) is -0.559. The van der Waals surface area contributed by atoms with E-state index < -0.39 is 24.3 Å². The third kappa shape index (κ3) is 2.30. The molecule has 2 rings (SSSR count). The minimum absolute atomic E-state index is 0.306. The molecule has 2 N–H and O–H groups in total. The molecule has 3 nitrogen and oxygen atoms in total. The molecule has 0 saturated carbocycles. The number of hydrogen-bond donors (Lipinski definition) is 1. The molecule has 5 heteroatoms. The number of nitrogens with two attached hydrogens (primary N) is 1. The van der Waals surface area contributed by atoms with Crippen LogP contribution in [0.15, 0.2) is 24.3 Å². The van der Waals surface area contributed by atoms with E-state index in [2.05, 4.69) is 0 Å². The van der Waals surface area contributed by atoms with Gasteiger partial charge < -0.3 is 15.0 Å². The minimum atomic E-state index is -0.559. The molecule has 0 aliphatic carbocycles. The van der Waals surface area contributed by atoms with Crippen molar-refractivity contribution < 1.29 is 13.7 Å². The van der Waals surface area contributed by atoms with Gasteiger partial charge in [-0.1, -0.05) is 12.1 Å². The van der Waals surface area contributed by atoms with Crippen LogP contribution in [0.3, 0.4) is 0 Å². The van der Waals surface area contributed by atoms with E-state index in [1.807, 2.05) is 27.7 Å². The molecule has 1 aromatic rings. The average Bonchev–Trinajstić information content (AvgIpc) is 2.47. The van der Waals surface area contributed by atoms with Crippen LogP contribution in [0.1, 0.15) is 39.2 Å². The molecule has 18 heavy (non-hydrogen) atoms. The van der Waals surface area contributed by atoms with Gasteiger partial charge in [0, 0.05) is 0 Å². The first kappa shape index (κ1) is 13.5. The van der Waals surface area contributed by atoms with Crippen LogP contribution in [0.5, 0.6) is 0 Å². The van der Waals surface area contributed by atoms with Crippen molar-refractivity contribution >= 4 is 7.12 Å². The zero-order chi connectivity index (χ0) is 13.6. The zero-order valence-electron chi connectivity index (χ0n) is 11.2. The predicted molar refractivity (Wildman–Crippen MR) is 69.4 cm³/mol. The van der Waals surface area contributed by atoms with Crippen molar-refractivity contribution in [2.75, 3.05) is 0 Å². The Labute approximate surface area is 108 Å². The third-order valence-electron chi connectivity index (χ3n) is 3.80.